The summed E-state index contributed by atoms with van der Waals surface area (Å²) in [6.07, 6.45) is 3.50. The van der Waals surface area contributed by atoms with Crippen LogP contribution in [0.1, 0.15) is 37.2 Å². The molecule has 1 aliphatic rings. The third-order valence-corrected chi connectivity index (χ3v) is 5.85. The molecule has 0 amide bonds. The zero-order valence-corrected chi connectivity index (χ0v) is 11.1. The molecule has 2 rings (SSSR count). The van der Waals surface area contributed by atoms with Crippen molar-refractivity contribution in [1.29, 1.82) is 5.26 Å². The van der Waals surface area contributed by atoms with Crippen LogP contribution in [-0.2, 0) is 9.84 Å². The lowest BCUT2D eigenvalue weighted by molar-refractivity contribution is 0.577. The summed E-state index contributed by atoms with van der Waals surface area (Å²) in [6, 6.07) is 11.3. The average Bonchev–Trinajstić information content (AvgIpc) is 2.92. The van der Waals surface area contributed by atoms with Gasteiger partial charge in [-0.15, -0.1) is 0 Å². The maximum atomic E-state index is 12.2. The molecule has 0 saturated heterocycles. The summed E-state index contributed by atoms with van der Waals surface area (Å²) < 4.78 is 24.4. The molecule has 1 aromatic rings. The third kappa shape index (κ3) is 2.91. The highest BCUT2D eigenvalue weighted by Crippen LogP contribution is 2.28. The third-order valence-electron chi connectivity index (χ3n) is 3.57. The molecule has 1 saturated carbocycles. The standard InChI is InChI=1S/C14H17NO2S/c15-10-13(12-6-2-1-3-7-12)11-18(16,17)14-8-4-5-9-14/h1-3,6-7,13-14H,4-5,8-9,11H2. The molecule has 18 heavy (non-hydrogen) atoms. The van der Waals surface area contributed by atoms with Crippen LogP contribution in [0.25, 0.3) is 0 Å². The van der Waals surface area contributed by atoms with Crippen LogP contribution in [0, 0.1) is 11.3 Å². The van der Waals surface area contributed by atoms with Gasteiger partial charge in [0.25, 0.3) is 0 Å². The molecular formula is C14H17NO2S. The van der Waals surface area contributed by atoms with Gasteiger partial charge in [-0.05, 0) is 18.4 Å². The topological polar surface area (TPSA) is 57.9 Å². The van der Waals surface area contributed by atoms with Crippen molar-refractivity contribution >= 4 is 9.84 Å². The molecule has 0 heterocycles. The molecule has 3 nitrogen and oxygen atoms in total. The molecule has 0 aromatic heterocycles. The van der Waals surface area contributed by atoms with Crippen molar-refractivity contribution in [2.45, 2.75) is 36.9 Å². The molecule has 96 valence electrons. The number of rotatable bonds is 4. The largest absolute Gasteiger partial charge is 0.228 e. The lowest BCUT2D eigenvalue weighted by Crippen LogP contribution is -2.24. The normalized spacial score (nSPS) is 18.4. The van der Waals surface area contributed by atoms with Gasteiger partial charge in [0.1, 0.15) is 0 Å². The summed E-state index contributed by atoms with van der Waals surface area (Å²) in [6.45, 7) is 0. The molecule has 1 fully saturated rings. The fraction of sp³-hybridized carbons (Fsp3) is 0.500. The SMILES string of the molecule is N#CC(CS(=O)(=O)C1CCCC1)c1ccccc1. The molecule has 0 aliphatic heterocycles. The molecule has 0 spiro atoms. The van der Waals surface area contributed by atoms with Crippen LogP contribution < -0.4 is 0 Å². The number of hydrogen-bond donors (Lipinski definition) is 0. The Kier molecular flexibility index (Phi) is 4.03. The Morgan fingerprint density at radius 1 is 1.22 bits per heavy atom. The summed E-state index contributed by atoms with van der Waals surface area (Å²) in [5.41, 5.74) is 0.793. The van der Waals surface area contributed by atoms with Crippen LogP contribution >= 0.6 is 0 Å². The monoisotopic (exact) mass is 263 g/mol. The molecule has 0 radical (unpaired) electrons. The van der Waals surface area contributed by atoms with Crippen LogP contribution in [0.2, 0.25) is 0 Å². The van der Waals surface area contributed by atoms with E-state index in [0.717, 1.165) is 31.2 Å². The highest BCUT2D eigenvalue weighted by atomic mass is 32.2. The molecule has 1 aliphatic carbocycles. The van der Waals surface area contributed by atoms with E-state index in [4.69, 9.17) is 0 Å². The lowest BCUT2D eigenvalue weighted by Gasteiger charge is -2.14. The Morgan fingerprint density at radius 2 is 1.83 bits per heavy atom. The first-order valence-corrected chi connectivity index (χ1v) is 8.01. The smallest absolute Gasteiger partial charge is 0.154 e. The average molecular weight is 263 g/mol. The van der Waals surface area contributed by atoms with E-state index in [0.29, 0.717) is 0 Å². The second kappa shape index (κ2) is 5.53. The van der Waals surface area contributed by atoms with E-state index >= 15 is 0 Å². The van der Waals surface area contributed by atoms with Crippen LogP contribution in [0.3, 0.4) is 0 Å². The van der Waals surface area contributed by atoms with Crippen molar-refractivity contribution in [3.63, 3.8) is 0 Å². The van der Waals surface area contributed by atoms with E-state index in [1.807, 2.05) is 30.3 Å². The summed E-state index contributed by atoms with van der Waals surface area (Å²) in [7, 11) is -3.14. The van der Waals surface area contributed by atoms with Gasteiger partial charge in [-0.3, -0.25) is 0 Å². The lowest BCUT2D eigenvalue weighted by atomic mass is 10.0. The van der Waals surface area contributed by atoms with E-state index in [-0.39, 0.29) is 11.0 Å². The van der Waals surface area contributed by atoms with Crippen LogP contribution in [0.15, 0.2) is 30.3 Å². The van der Waals surface area contributed by atoms with Crippen LogP contribution in [-0.4, -0.2) is 19.4 Å². The maximum Gasteiger partial charge on any atom is 0.154 e. The maximum absolute atomic E-state index is 12.2. The van der Waals surface area contributed by atoms with Crippen molar-refractivity contribution < 1.29 is 8.42 Å². The predicted molar refractivity (Wildman–Crippen MR) is 70.8 cm³/mol. The van der Waals surface area contributed by atoms with Gasteiger partial charge in [-0.2, -0.15) is 5.26 Å². The fourth-order valence-electron chi connectivity index (χ4n) is 2.51. The number of benzene rings is 1. The first-order valence-electron chi connectivity index (χ1n) is 6.29. The van der Waals surface area contributed by atoms with E-state index in [2.05, 4.69) is 6.07 Å². The van der Waals surface area contributed by atoms with E-state index in [1.54, 1.807) is 0 Å². The zero-order valence-electron chi connectivity index (χ0n) is 10.2. The number of hydrogen-bond acceptors (Lipinski definition) is 3. The van der Waals surface area contributed by atoms with Gasteiger partial charge in [0.15, 0.2) is 9.84 Å². The Balaban J connectivity index is 2.14. The van der Waals surface area contributed by atoms with Crippen molar-refractivity contribution in [1.82, 2.24) is 0 Å². The van der Waals surface area contributed by atoms with E-state index in [9.17, 15) is 13.7 Å². The van der Waals surface area contributed by atoms with Gasteiger partial charge in [0.05, 0.1) is 23.0 Å². The Morgan fingerprint density at radius 3 is 2.39 bits per heavy atom. The zero-order chi connectivity index (χ0) is 13.0. The highest BCUT2D eigenvalue weighted by Gasteiger charge is 2.31. The molecule has 4 heteroatoms. The van der Waals surface area contributed by atoms with E-state index in [1.165, 1.54) is 0 Å². The first kappa shape index (κ1) is 13.1. The van der Waals surface area contributed by atoms with Crippen molar-refractivity contribution in [3.8, 4) is 6.07 Å². The Labute approximate surface area is 108 Å². The van der Waals surface area contributed by atoms with Crippen molar-refractivity contribution in [2.24, 2.45) is 0 Å². The second-order valence-corrected chi connectivity index (χ2v) is 7.15. The minimum atomic E-state index is -3.14. The Bertz CT molecular complexity index is 525. The molecule has 0 N–H and O–H groups in total. The molecular weight excluding hydrogens is 246 g/mol. The van der Waals surface area contributed by atoms with Crippen molar-refractivity contribution in [2.75, 3.05) is 5.75 Å². The number of nitriles is 1. The van der Waals surface area contributed by atoms with Crippen LogP contribution in [0.4, 0.5) is 0 Å². The summed E-state index contributed by atoms with van der Waals surface area (Å²) in [5, 5.41) is 8.95. The Hall–Kier alpha value is -1.34. The molecule has 1 aromatic carbocycles. The molecule has 0 bridgehead atoms. The quantitative estimate of drug-likeness (QED) is 0.839. The first-order chi connectivity index (χ1) is 8.63. The van der Waals surface area contributed by atoms with Gasteiger partial charge >= 0.3 is 0 Å². The van der Waals surface area contributed by atoms with Gasteiger partial charge in [-0.1, -0.05) is 43.2 Å². The minimum Gasteiger partial charge on any atom is -0.228 e. The van der Waals surface area contributed by atoms with Crippen LogP contribution in [0.5, 0.6) is 0 Å². The highest BCUT2D eigenvalue weighted by molar-refractivity contribution is 7.92. The van der Waals surface area contributed by atoms with Gasteiger partial charge in [-0.25, -0.2) is 8.42 Å². The molecule has 1 atom stereocenters. The van der Waals surface area contributed by atoms with Gasteiger partial charge in [0, 0.05) is 0 Å². The summed E-state index contributed by atoms with van der Waals surface area (Å²) in [4.78, 5) is 0. The minimum absolute atomic E-state index is 0.0435. The number of nitrogens with zero attached hydrogens (tertiary/aromatic N) is 1. The second-order valence-electron chi connectivity index (χ2n) is 4.83. The van der Waals surface area contributed by atoms with Crippen molar-refractivity contribution in [3.05, 3.63) is 35.9 Å². The predicted octanol–water partition coefficient (Wildman–Crippen LogP) is 2.65. The summed E-state index contributed by atoms with van der Waals surface area (Å²) in [5.74, 6) is -0.588. The molecule has 1 unspecified atom stereocenters. The van der Waals surface area contributed by atoms with Gasteiger partial charge in [0.2, 0.25) is 0 Å². The van der Waals surface area contributed by atoms with E-state index < -0.39 is 15.8 Å². The number of sulfone groups is 1. The van der Waals surface area contributed by atoms with Gasteiger partial charge < -0.3 is 0 Å². The fourth-order valence-corrected chi connectivity index (χ4v) is 4.56. The summed E-state index contributed by atoms with van der Waals surface area (Å²) >= 11 is 0.